The third-order valence-corrected chi connectivity index (χ3v) is 2.51. The standard InChI is InChI=1S/C12H10F3N3O/c1-16-12-11(19-2)10(17-5-18-12)6-3-8(14)9(15)4-7(6)13/h3-5H,1-2H3,(H,16,17,18). The Morgan fingerprint density at radius 1 is 1.05 bits per heavy atom. The van der Waals surface area contributed by atoms with E-state index in [4.69, 9.17) is 4.74 Å². The van der Waals surface area contributed by atoms with Crippen molar-refractivity contribution in [2.24, 2.45) is 0 Å². The molecule has 1 heterocycles. The topological polar surface area (TPSA) is 47.0 Å². The number of nitrogens with zero attached hydrogens (tertiary/aromatic N) is 2. The van der Waals surface area contributed by atoms with Crippen LogP contribution in [0, 0.1) is 17.5 Å². The monoisotopic (exact) mass is 269 g/mol. The van der Waals surface area contributed by atoms with Gasteiger partial charge in [0.05, 0.1) is 7.11 Å². The van der Waals surface area contributed by atoms with E-state index in [0.29, 0.717) is 11.9 Å². The molecule has 1 aromatic heterocycles. The summed E-state index contributed by atoms with van der Waals surface area (Å²) in [6.07, 6.45) is 1.17. The summed E-state index contributed by atoms with van der Waals surface area (Å²) in [7, 11) is 2.94. The van der Waals surface area contributed by atoms with Crippen LogP contribution in [0.1, 0.15) is 0 Å². The van der Waals surface area contributed by atoms with Gasteiger partial charge < -0.3 is 10.1 Å². The van der Waals surface area contributed by atoms with Crippen LogP contribution in [-0.4, -0.2) is 24.1 Å². The van der Waals surface area contributed by atoms with Crippen LogP contribution in [0.2, 0.25) is 0 Å². The maximum absolute atomic E-state index is 13.7. The highest BCUT2D eigenvalue weighted by molar-refractivity contribution is 5.72. The molecule has 2 rings (SSSR count). The lowest BCUT2D eigenvalue weighted by Gasteiger charge is -2.11. The number of aromatic nitrogens is 2. The summed E-state index contributed by atoms with van der Waals surface area (Å²) in [6.45, 7) is 0. The third kappa shape index (κ3) is 2.31. The Hall–Kier alpha value is -2.31. The van der Waals surface area contributed by atoms with Crippen molar-refractivity contribution in [3.63, 3.8) is 0 Å². The molecule has 0 saturated heterocycles. The number of benzene rings is 1. The number of hydrogen-bond acceptors (Lipinski definition) is 4. The van der Waals surface area contributed by atoms with Gasteiger partial charge in [0.2, 0.25) is 0 Å². The van der Waals surface area contributed by atoms with Crippen molar-refractivity contribution in [2.45, 2.75) is 0 Å². The van der Waals surface area contributed by atoms with Crippen LogP contribution in [0.5, 0.6) is 5.75 Å². The van der Waals surface area contributed by atoms with E-state index in [1.54, 1.807) is 7.05 Å². The molecule has 7 heteroatoms. The lowest BCUT2D eigenvalue weighted by molar-refractivity contribution is 0.414. The SMILES string of the molecule is CNc1ncnc(-c2cc(F)c(F)cc2F)c1OC. The minimum Gasteiger partial charge on any atom is -0.491 e. The van der Waals surface area contributed by atoms with Gasteiger partial charge in [-0.3, -0.25) is 0 Å². The highest BCUT2D eigenvalue weighted by Crippen LogP contribution is 2.34. The second-order valence-corrected chi connectivity index (χ2v) is 3.60. The molecule has 19 heavy (non-hydrogen) atoms. The van der Waals surface area contributed by atoms with Crippen LogP contribution in [0.25, 0.3) is 11.3 Å². The Balaban J connectivity index is 2.68. The minimum absolute atomic E-state index is 0.0400. The van der Waals surface area contributed by atoms with Crippen molar-refractivity contribution in [2.75, 3.05) is 19.5 Å². The van der Waals surface area contributed by atoms with Gasteiger partial charge in [0.25, 0.3) is 0 Å². The van der Waals surface area contributed by atoms with Crippen molar-refractivity contribution < 1.29 is 17.9 Å². The molecule has 2 aromatic rings. The zero-order chi connectivity index (χ0) is 14.0. The predicted octanol–water partition coefficient (Wildman–Crippen LogP) is 2.61. The van der Waals surface area contributed by atoms with Gasteiger partial charge >= 0.3 is 0 Å². The lowest BCUT2D eigenvalue weighted by atomic mass is 10.1. The van der Waals surface area contributed by atoms with Crippen molar-refractivity contribution in [1.29, 1.82) is 0 Å². The molecule has 0 fully saturated rings. The van der Waals surface area contributed by atoms with Gasteiger partial charge in [0, 0.05) is 18.7 Å². The predicted molar refractivity (Wildman–Crippen MR) is 63.4 cm³/mol. The molecule has 1 aromatic carbocycles. The first-order valence-electron chi connectivity index (χ1n) is 5.30. The van der Waals surface area contributed by atoms with Gasteiger partial charge in [-0.05, 0) is 6.07 Å². The summed E-state index contributed by atoms with van der Waals surface area (Å²) in [5.74, 6) is -2.89. The molecule has 0 bridgehead atoms. The van der Waals surface area contributed by atoms with E-state index in [9.17, 15) is 13.2 Å². The molecular formula is C12H10F3N3O. The average molecular weight is 269 g/mol. The number of anilines is 1. The molecule has 0 aliphatic heterocycles. The fourth-order valence-corrected chi connectivity index (χ4v) is 1.64. The quantitative estimate of drug-likeness (QED) is 0.870. The fraction of sp³-hybridized carbons (Fsp3) is 0.167. The van der Waals surface area contributed by atoms with Crippen LogP contribution < -0.4 is 10.1 Å². The fourth-order valence-electron chi connectivity index (χ4n) is 1.64. The van der Waals surface area contributed by atoms with E-state index >= 15 is 0 Å². The Morgan fingerprint density at radius 3 is 2.37 bits per heavy atom. The van der Waals surface area contributed by atoms with E-state index in [1.165, 1.54) is 13.4 Å². The molecule has 0 saturated carbocycles. The van der Waals surface area contributed by atoms with Crippen molar-refractivity contribution >= 4 is 5.82 Å². The minimum atomic E-state index is -1.26. The Bertz CT molecular complexity index is 619. The molecule has 4 nitrogen and oxygen atoms in total. The zero-order valence-electron chi connectivity index (χ0n) is 10.2. The van der Waals surface area contributed by atoms with Gasteiger partial charge in [0.15, 0.2) is 23.2 Å². The number of hydrogen-bond donors (Lipinski definition) is 1. The van der Waals surface area contributed by atoms with Crippen LogP contribution in [0.4, 0.5) is 19.0 Å². The van der Waals surface area contributed by atoms with E-state index in [2.05, 4.69) is 15.3 Å². The largest absolute Gasteiger partial charge is 0.491 e. The van der Waals surface area contributed by atoms with E-state index < -0.39 is 17.5 Å². The summed E-state index contributed by atoms with van der Waals surface area (Å²) < 4.78 is 44.9. The zero-order valence-corrected chi connectivity index (χ0v) is 10.2. The Morgan fingerprint density at radius 2 is 1.74 bits per heavy atom. The number of methoxy groups -OCH3 is 1. The first-order valence-corrected chi connectivity index (χ1v) is 5.30. The summed E-state index contributed by atoms with van der Waals surface area (Å²) in [5, 5.41) is 2.74. The second-order valence-electron chi connectivity index (χ2n) is 3.60. The maximum atomic E-state index is 13.7. The van der Waals surface area contributed by atoms with Crippen LogP contribution in [0.3, 0.4) is 0 Å². The van der Waals surface area contributed by atoms with Crippen LogP contribution in [0.15, 0.2) is 18.5 Å². The molecular weight excluding hydrogens is 259 g/mol. The number of rotatable bonds is 3. The highest BCUT2D eigenvalue weighted by Gasteiger charge is 2.18. The number of nitrogens with one attached hydrogen (secondary N) is 1. The van der Waals surface area contributed by atoms with Gasteiger partial charge in [-0.2, -0.15) is 0 Å². The normalized spacial score (nSPS) is 10.4. The van der Waals surface area contributed by atoms with Gasteiger partial charge in [0.1, 0.15) is 17.8 Å². The Kier molecular flexibility index (Phi) is 3.55. The van der Waals surface area contributed by atoms with Crippen molar-refractivity contribution in [3.05, 3.63) is 35.9 Å². The number of halogens is 3. The van der Waals surface area contributed by atoms with Gasteiger partial charge in [-0.15, -0.1) is 0 Å². The molecule has 0 radical (unpaired) electrons. The van der Waals surface area contributed by atoms with Crippen molar-refractivity contribution in [3.8, 4) is 17.0 Å². The first-order chi connectivity index (χ1) is 9.08. The molecule has 0 aliphatic rings. The smallest absolute Gasteiger partial charge is 0.187 e. The molecule has 0 atom stereocenters. The lowest BCUT2D eigenvalue weighted by Crippen LogP contribution is -2.02. The number of ether oxygens (including phenoxy) is 1. The van der Waals surface area contributed by atoms with E-state index in [-0.39, 0.29) is 17.0 Å². The molecule has 100 valence electrons. The maximum Gasteiger partial charge on any atom is 0.187 e. The highest BCUT2D eigenvalue weighted by atomic mass is 19.2. The van der Waals surface area contributed by atoms with Crippen molar-refractivity contribution in [1.82, 2.24) is 9.97 Å². The molecule has 0 amide bonds. The molecule has 0 aliphatic carbocycles. The summed E-state index contributed by atoms with van der Waals surface area (Å²) in [4.78, 5) is 7.74. The molecule has 0 spiro atoms. The second kappa shape index (κ2) is 5.13. The van der Waals surface area contributed by atoms with E-state index in [1.807, 2.05) is 0 Å². The van der Waals surface area contributed by atoms with Crippen LogP contribution in [-0.2, 0) is 0 Å². The summed E-state index contributed by atoms with van der Waals surface area (Å²) in [6, 6.07) is 1.19. The van der Waals surface area contributed by atoms with Gasteiger partial charge in [-0.25, -0.2) is 23.1 Å². The average Bonchev–Trinajstić information content (AvgIpc) is 2.41. The molecule has 1 N–H and O–H groups in total. The van der Waals surface area contributed by atoms with Gasteiger partial charge in [-0.1, -0.05) is 0 Å². The first kappa shape index (κ1) is 13.1. The summed E-state index contributed by atoms with van der Waals surface area (Å²) in [5.41, 5.74) is -0.159. The van der Waals surface area contributed by atoms with Crippen LogP contribution >= 0.6 is 0 Å². The third-order valence-electron chi connectivity index (χ3n) is 2.51. The van der Waals surface area contributed by atoms with E-state index in [0.717, 1.165) is 6.07 Å². The Labute approximate surface area is 107 Å². The molecule has 0 unspecified atom stereocenters. The summed E-state index contributed by atoms with van der Waals surface area (Å²) >= 11 is 0.